The quantitative estimate of drug-likeness (QED) is 0.853. The molecule has 0 bridgehead atoms. The molecular formula is C17H20ClNO2. The molecule has 21 heavy (non-hydrogen) atoms. The van der Waals surface area contributed by atoms with Crippen molar-refractivity contribution in [2.24, 2.45) is 0 Å². The van der Waals surface area contributed by atoms with E-state index in [0.717, 1.165) is 17.7 Å². The first kappa shape index (κ1) is 15.7. The number of para-hydroxylation sites is 1. The minimum Gasteiger partial charge on any atom is -0.506 e. The molecule has 0 fully saturated rings. The average molecular weight is 306 g/mol. The topological polar surface area (TPSA) is 41.5 Å². The predicted octanol–water partition coefficient (Wildman–Crippen LogP) is 3.78. The van der Waals surface area contributed by atoms with E-state index in [4.69, 9.17) is 16.3 Å². The molecule has 1 unspecified atom stereocenters. The fourth-order valence-electron chi connectivity index (χ4n) is 2.23. The summed E-state index contributed by atoms with van der Waals surface area (Å²) in [5.74, 6) is 1.03. The van der Waals surface area contributed by atoms with Crippen molar-refractivity contribution in [3.63, 3.8) is 0 Å². The van der Waals surface area contributed by atoms with Gasteiger partial charge in [0.2, 0.25) is 0 Å². The summed E-state index contributed by atoms with van der Waals surface area (Å²) in [5, 5.41) is 13.2. The molecule has 3 nitrogen and oxygen atoms in total. The lowest BCUT2D eigenvalue weighted by Crippen LogP contribution is -2.27. The molecule has 0 heterocycles. The summed E-state index contributed by atoms with van der Waals surface area (Å²) in [6.07, 6.45) is 0.885. The molecule has 2 N–H and O–H groups in total. The normalized spacial score (nSPS) is 12.1. The highest BCUT2D eigenvalue weighted by Crippen LogP contribution is 2.24. The zero-order chi connectivity index (χ0) is 15.2. The smallest absolute Gasteiger partial charge is 0.134 e. The number of aromatic hydroxyl groups is 1. The maximum atomic E-state index is 9.41. The van der Waals surface area contributed by atoms with Crippen molar-refractivity contribution in [3.8, 4) is 11.5 Å². The van der Waals surface area contributed by atoms with Crippen LogP contribution in [-0.2, 0) is 13.0 Å². The van der Waals surface area contributed by atoms with Gasteiger partial charge in [0, 0.05) is 12.6 Å². The zero-order valence-corrected chi connectivity index (χ0v) is 13.0. The Morgan fingerprint density at radius 2 is 2.00 bits per heavy atom. The Morgan fingerprint density at radius 3 is 2.71 bits per heavy atom. The summed E-state index contributed by atoms with van der Waals surface area (Å²) >= 11 is 5.90. The monoisotopic (exact) mass is 305 g/mol. The van der Waals surface area contributed by atoms with Crippen molar-refractivity contribution >= 4 is 11.6 Å². The Hall–Kier alpha value is -1.71. The molecule has 0 aromatic heterocycles. The van der Waals surface area contributed by atoms with E-state index in [1.165, 1.54) is 5.56 Å². The van der Waals surface area contributed by atoms with Crippen LogP contribution in [0.3, 0.4) is 0 Å². The molecule has 0 spiro atoms. The molecule has 2 aromatic rings. The van der Waals surface area contributed by atoms with Gasteiger partial charge in [-0.15, -0.1) is 0 Å². The number of halogens is 1. The molecule has 0 saturated heterocycles. The zero-order valence-electron chi connectivity index (χ0n) is 12.3. The fourth-order valence-corrected chi connectivity index (χ4v) is 2.43. The molecule has 4 heteroatoms. The van der Waals surface area contributed by atoms with E-state index in [1.807, 2.05) is 24.3 Å². The minimum absolute atomic E-state index is 0.113. The Labute approximate surface area is 130 Å². The Kier molecular flexibility index (Phi) is 5.48. The summed E-state index contributed by atoms with van der Waals surface area (Å²) in [7, 11) is 1.69. The third-order valence-corrected chi connectivity index (χ3v) is 3.69. The van der Waals surface area contributed by atoms with Crippen LogP contribution in [-0.4, -0.2) is 18.3 Å². The number of hydrogen-bond acceptors (Lipinski definition) is 3. The Balaban J connectivity index is 1.92. The molecule has 1 atom stereocenters. The number of phenols is 1. The minimum atomic E-state index is 0.113. The van der Waals surface area contributed by atoms with Gasteiger partial charge in [-0.3, -0.25) is 0 Å². The number of methoxy groups -OCH3 is 1. The highest BCUT2D eigenvalue weighted by atomic mass is 35.5. The van der Waals surface area contributed by atoms with Crippen molar-refractivity contribution in [1.82, 2.24) is 5.32 Å². The average Bonchev–Trinajstić information content (AvgIpc) is 2.49. The maximum absolute atomic E-state index is 9.41. The summed E-state index contributed by atoms with van der Waals surface area (Å²) in [5.41, 5.74) is 2.23. The summed E-state index contributed by atoms with van der Waals surface area (Å²) in [6.45, 7) is 2.84. The van der Waals surface area contributed by atoms with Gasteiger partial charge in [-0.1, -0.05) is 35.9 Å². The van der Waals surface area contributed by atoms with E-state index < -0.39 is 0 Å². The molecule has 0 aliphatic rings. The third kappa shape index (κ3) is 4.38. The molecule has 112 valence electrons. The van der Waals surface area contributed by atoms with Crippen molar-refractivity contribution < 1.29 is 9.84 Å². The summed E-state index contributed by atoms with van der Waals surface area (Å²) in [6, 6.07) is 13.6. The first-order chi connectivity index (χ1) is 10.1. The van der Waals surface area contributed by atoms with Crippen LogP contribution < -0.4 is 10.1 Å². The second-order valence-corrected chi connectivity index (χ2v) is 5.49. The van der Waals surface area contributed by atoms with Crippen molar-refractivity contribution in [1.29, 1.82) is 0 Å². The summed E-state index contributed by atoms with van der Waals surface area (Å²) in [4.78, 5) is 0. The van der Waals surface area contributed by atoms with Crippen LogP contribution in [0.5, 0.6) is 11.5 Å². The van der Waals surface area contributed by atoms with Gasteiger partial charge in [0.25, 0.3) is 0 Å². The summed E-state index contributed by atoms with van der Waals surface area (Å²) < 4.78 is 5.36. The van der Waals surface area contributed by atoms with Gasteiger partial charge < -0.3 is 15.2 Å². The van der Waals surface area contributed by atoms with E-state index in [-0.39, 0.29) is 5.75 Å². The van der Waals surface area contributed by atoms with E-state index in [2.05, 4.69) is 18.3 Å². The molecule has 2 aromatic carbocycles. The number of nitrogens with one attached hydrogen (secondary N) is 1. The molecule has 0 radical (unpaired) electrons. The first-order valence-corrected chi connectivity index (χ1v) is 7.30. The van der Waals surface area contributed by atoms with Gasteiger partial charge in [0.05, 0.1) is 12.1 Å². The van der Waals surface area contributed by atoms with Crippen LogP contribution in [0.4, 0.5) is 0 Å². The van der Waals surface area contributed by atoms with Crippen LogP contribution >= 0.6 is 11.6 Å². The number of benzene rings is 2. The highest BCUT2D eigenvalue weighted by Gasteiger charge is 2.08. The Morgan fingerprint density at radius 1 is 1.24 bits per heavy atom. The molecule has 0 aliphatic heterocycles. The van der Waals surface area contributed by atoms with Crippen molar-refractivity contribution in [2.45, 2.75) is 25.9 Å². The largest absolute Gasteiger partial charge is 0.506 e. The van der Waals surface area contributed by atoms with Gasteiger partial charge in [0.15, 0.2) is 0 Å². The second-order valence-electron chi connectivity index (χ2n) is 5.08. The van der Waals surface area contributed by atoms with Gasteiger partial charge in [-0.2, -0.15) is 0 Å². The lowest BCUT2D eigenvalue weighted by atomic mass is 10.1. The van der Waals surface area contributed by atoms with E-state index in [0.29, 0.717) is 17.6 Å². The van der Waals surface area contributed by atoms with Crippen LogP contribution in [0.15, 0.2) is 42.5 Å². The van der Waals surface area contributed by atoms with Crippen LogP contribution in [0, 0.1) is 0 Å². The number of ether oxygens (including phenoxy) is 1. The van der Waals surface area contributed by atoms with Crippen LogP contribution in [0.1, 0.15) is 18.1 Å². The SMILES string of the molecule is COc1ccccc1CC(C)NCc1ccc(O)c(Cl)c1. The highest BCUT2D eigenvalue weighted by molar-refractivity contribution is 6.32. The molecule has 2 rings (SSSR count). The molecule has 0 amide bonds. The van der Waals surface area contributed by atoms with E-state index >= 15 is 0 Å². The number of phenolic OH excluding ortho intramolecular Hbond substituents is 1. The van der Waals surface area contributed by atoms with Crippen LogP contribution in [0.25, 0.3) is 0 Å². The number of hydrogen-bond donors (Lipinski definition) is 2. The fraction of sp³-hybridized carbons (Fsp3) is 0.294. The lowest BCUT2D eigenvalue weighted by Gasteiger charge is -2.16. The maximum Gasteiger partial charge on any atom is 0.134 e. The van der Waals surface area contributed by atoms with Crippen molar-refractivity contribution in [3.05, 3.63) is 58.6 Å². The van der Waals surface area contributed by atoms with Gasteiger partial charge in [-0.05, 0) is 42.7 Å². The second kappa shape index (κ2) is 7.34. The molecular weight excluding hydrogens is 286 g/mol. The third-order valence-electron chi connectivity index (χ3n) is 3.39. The predicted molar refractivity (Wildman–Crippen MR) is 86.1 cm³/mol. The van der Waals surface area contributed by atoms with Crippen LogP contribution in [0.2, 0.25) is 5.02 Å². The van der Waals surface area contributed by atoms with Gasteiger partial charge in [0.1, 0.15) is 11.5 Å². The lowest BCUT2D eigenvalue weighted by molar-refractivity contribution is 0.406. The van der Waals surface area contributed by atoms with Crippen molar-refractivity contribution in [2.75, 3.05) is 7.11 Å². The molecule has 0 aliphatic carbocycles. The van der Waals surface area contributed by atoms with E-state index in [1.54, 1.807) is 19.2 Å². The van der Waals surface area contributed by atoms with Gasteiger partial charge in [-0.25, -0.2) is 0 Å². The standard InChI is InChI=1S/C17H20ClNO2/c1-12(9-14-5-3-4-6-17(14)21-2)19-11-13-7-8-16(20)15(18)10-13/h3-8,10,12,19-20H,9,11H2,1-2H3. The molecule has 0 saturated carbocycles. The Bertz CT molecular complexity index is 601. The first-order valence-electron chi connectivity index (χ1n) is 6.93. The van der Waals surface area contributed by atoms with Gasteiger partial charge >= 0.3 is 0 Å². The number of rotatable bonds is 6. The van der Waals surface area contributed by atoms with E-state index in [9.17, 15) is 5.11 Å².